The molecule has 1 aromatic rings. The van der Waals surface area contributed by atoms with Gasteiger partial charge < -0.3 is 4.90 Å². The van der Waals surface area contributed by atoms with E-state index >= 15 is 0 Å². The molecule has 0 amide bonds. The topological polar surface area (TPSA) is 74.6 Å². The van der Waals surface area contributed by atoms with E-state index in [-0.39, 0.29) is 5.96 Å². The van der Waals surface area contributed by atoms with Crippen LogP contribution in [0.4, 0.5) is 11.4 Å². The molecule has 0 atom stereocenters. The lowest BCUT2D eigenvalue weighted by molar-refractivity contribution is 0.216. The molecule has 0 saturated carbocycles. The van der Waals surface area contributed by atoms with Gasteiger partial charge >= 0.3 is 0 Å². The number of hydroxylamine groups is 1. The Hall–Kier alpha value is -1.83. The van der Waals surface area contributed by atoms with Crippen molar-refractivity contribution in [2.75, 3.05) is 36.4 Å². The van der Waals surface area contributed by atoms with Gasteiger partial charge in [-0.25, -0.2) is 10.4 Å². The molecular formula is C18H29N5O2. The van der Waals surface area contributed by atoms with Gasteiger partial charge in [-0.15, -0.1) is 0 Å². The molecule has 2 aliphatic rings. The van der Waals surface area contributed by atoms with Gasteiger partial charge in [0, 0.05) is 6.54 Å². The van der Waals surface area contributed by atoms with Gasteiger partial charge in [-0.2, -0.15) is 10.2 Å². The average molecular weight is 347 g/mol. The van der Waals surface area contributed by atoms with Crippen molar-refractivity contribution in [3.05, 3.63) is 23.3 Å². The maximum absolute atomic E-state index is 10.5. The molecule has 0 bridgehead atoms. The number of hydrogen-bond acceptors (Lipinski definition) is 5. The van der Waals surface area contributed by atoms with Crippen molar-refractivity contribution in [2.24, 2.45) is 4.99 Å². The number of nitrogens with one attached hydrogen (secondary N) is 1. The van der Waals surface area contributed by atoms with Crippen LogP contribution in [0, 0.1) is 0 Å². The molecule has 1 aromatic carbocycles. The fourth-order valence-corrected chi connectivity index (χ4v) is 3.62. The monoisotopic (exact) mass is 347 g/mol. The quantitative estimate of drug-likeness (QED) is 0.704. The Balaban J connectivity index is 1.72. The lowest BCUT2D eigenvalue weighted by atomic mass is 10.1. The first-order valence-corrected chi connectivity index (χ1v) is 9.31. The van der Waals surface area contributed by atoms with Crippen molar-refractivity contribution in [1.29, 1.82) is 0 Å². The summed E-state index contributed by atoms with van der Waals surface area (Å²) in [5.74, 6) is 0.251. The van der Waals surface area contributed by atoms with E-state index in [0.717, 1.165) is 62.0 Å². The zero-order valence-electron chi connectivity index (χ0n) is 15.2. The molecule has 0 saturated heterocycles. The summed E-state index contributed by atoms with van der Waals surface area (Å²) in [6.07, 6.45) is 5.39. The Morgan fingerprint density at radius 1 is 1.04 bits per heavy atom. The van der Waals surface area contributed by atoms with Crippen LogP contribution in [0.2, 0.25) is 0 Å². The van der Waals surface area contributed by atoms with Crippen LogP contribution in [-0.4, -0.2) is 47.5 Å². The van der Waals surface area contributed by atoms with Crippen LogP contribution in [0.3, 0.4) is 0 Å². The van der Waals surface area contributed by atoms with Crippen LogP contribution in [0.15, 0.2) is 17.1 Å². The summed E-state index contributed by atoms with van der Waals surface area (Å²) in [5.41, 5.74) is 6.35. The number of guanidine groups is 1. The largest absolute Gasteiger partial charge is 0.302 e. The zero-order valence-corrected chi connectivity index (χ0v) is 15.2. The summed E-state index contributed by atoms with van der Waals surface area (Å²) >= 11 is 0. The first kappa shape index (κ1) is 18.0. The summed E-state index contributed by atoms with van der Waals surface area (Å²) in [6, 6.07) is 3.90. The number of hydrogen-bond donors (Lipinski definition) is 3. The molecule has 1 heterocycles. The number of hydrazine groups is 1. The first-order valence-electron chi connectivity index (χ1n) is 9.31. The van der Waals surface area contributed by atoms with E-state index in [9.17, 15) is 10.4 Å². The predicted molar refractivity (Wildman–Crippen MR) is 99.5 cm³/mol. The van der Waals surface area contributed by atoms with Crippen molar-refractivity contribution in [1.82, 2.24) is 10.3 Å². The molecule has 0 unspecified atom stereocenters. The van der Waals surface area contributed by atoms with Gasteiger partial charge in [0.2, 0.25) is 5.96 Å². The highest BCUT2D eigenvalue weighted by molar-refractivity contribution is 6.00. The van der Waals surface area contributed by atoms with Gasteiger partial charge in [0.15, 0.2) is 0 Å². The van der Waals surface area contributed by atoms with E-state index in [1.54, 1.807) is 0 Å². The normalized spacial score (nSPS) is 17.9. The van der Waals surface area contributed by atoms with Crippen LogP contribution in [0.25, 0.3) is 0 Å². The fraction of sp³-hybridized carbons (Fsp3) is 0.611. The molecule has 7 heteroatoms. The highest BCUT2D eigenvalue weighted by Gasteiger charge is 2.28. The van der Waals surface area contributed by atoms with Crippen molar-refractivity contribution < 1.29 is 10.4 Å². The Bertz CT molecular complexity index is 628. The summed E-state index contributed by atoms with van der Waals surface area (Å²) in [5, 5.41) is 22.8. The second kappa shape index (κ2) is 8.03. The SMILES string of the molecule is CCCN(CCC)CCN=C1NN(O)c2cc3c(cc2N1O)CCC3. The van der Waals surface area contributed by atoms with Crippen molar-refractivity contribution in [3.8, 4) is 0 Å². The van der Waals surface area contributed by atoms with E-state index in [4.69, 9.17) is 0 Å². The molecule has 0 aromatic heterocycles. The van der Waals surface area contributed by atoms with Gasteiger partial charge in [0.05, 0.1) is 6.54 Å². The third kappa shape index (κ3) is 3.89. The minimum atomic E-state index is 0.251. The summed E-state index contributed by atoms with van der Waals surface area (Å²) < 4.78 is 0. The summed E-state index contributed by atoms with van der Waals surface area (Å²) in [4.78, 5) is 6.82. The molecule has 3 rings (SSSR count). The smallest absolute Gasteiger partial charge is 0.244 e. The lowest BCUT2D eigenvalue weighted by Crippen LogP contribution is -2.53. The predicted octanol–water partition coefficient (Wildman–Crippen LogP) is 2.56. The minimum Gasteiger partial charge on any atom is -0.302 e. The molecule has 7 nitrogen and oxygen atoms in total. The number of benzene rings is 1. The maximum Gasteiger partial charge on any atom is 0.244 e. The number of nitrogens with zero attached hydrogens (tertiary/aromatic N) is 4. The molecular weight excluding hydrogens is 318 g/mol. The van der Waals surface area contributed by atoms with E-state index in [1.165, 1.54) is 11.1 Å². The second-order valence-corrected chi connectivity index (χ2v) is 6.75. The third-order valence-corrected chi connectivity index (χ3v) is 4.81. The summed E-state index contributed by atoms with van der Waals surface area (Å²) in [7, 11) is 0. The Kier molecular flexibility index (Phi) is 5.78. The molecule has 0 spiro atoms. The highest BCUT2D eigenvalue weighted by Crippen LogP contribution is 2.36. The van der Waals surface area contributed by atoms with Crippen LogP contribution in [-0.2, 0) is 12.8 Å². The Labute approximate surface area is 149 Å². The third-order valence-electron chi connectivity index (χ3n) is 4.81. The van der Waals surface area contributed by atoms with E-state index in [2.05, 4.69) is 29.2 Å². The first-order chi connectivity index (χ1) is 12.1. The number of fused-ring (bicyclic) bond motifs is 2. The van der Waals surface area contributed by atoms with Gasteiger partial charge in [0.1, 0.15) is 11.4 Å². The van der Waals surface area contributed by atoms with Crippen molar-refractivity contribution in [3.63, 3.8) is 0 Å². The molecule has 138 valence electrons. The molecule has 1 aliphatic heterocycles. The van der Waals surface area contributed by atoms with Crippen LogP contribution >= 0.6 is 0 Å². The standard InChI is InChI=1S/C18H29N5O2/c1-3-9-21(10-4-2)11-8-19-18-20-23(25)17-13-15-7-5-6-14(15)12-16(17)22(18)24/h12-13,24-25H,3-11H2,1-2H3,(H,19,20). The van der Waals surface area contributed by atoms with Crippen molar-refractivity contribution in [2.45, 2.75) is 46.0 Å². The van der Waals surface area contributed by atoms with Gasteiger partial charge in [-0.3, -0.25) is 10.4 Å². The molecule has 25 heavy (non-hydrogen) atoms. The zero-order chi connectivity index (χ0) is 17.8. The summed E-state index contributed by atoms with van der Waals surface area (Å²) in [6.45, 7) is 7.85. The van der Waals surface area contributed by atoms with E-state index in [1.807, 2.05) is 12.1 Å². The van der Waals surface area contributed by atoms with Crippen LogP contribution in [0.5, 0.6) is 0 Å². The fourth-order valence-electron chi connectivity index (χ4n) is 3.62. The van der Waals surface area contributed by atoms with Gasteiger partial charge in [0.25, 0.3) is 0 Å². The average Bonchev–Trinajstić information content (AvgIpc) is 3.06. The van der Waals surface area contributed by atoms with Gasteiger partial charge in [-0.1, -0.05) is 13.8 Å². The lowest BCUT2D eigenvalue weighted by Gasteiger charge is -2.33. The van der Waals surface area contributed by atoms with E-state index in [0.29, 0.717) is 17.9 Å². The molecule has 0 fully saturated rings. The number of rotatable bonds is 7. The Morgan fingerprint density at radius 2 is 1.68 bits per heavy atom. The molecule has 3 N–H and O–H groups in total. The maximum atomic E-state index is 10.5. The minimum absolute atomic E-state index is 0.251. The van der Waals surface area contributed by atoms with Crippen molar-refractivity contribution >= 4 is 17.3 Å². The molecule has 0 radical (unpaired) electrons. The number of aliphatic imine (C=N–C) groups is 1. The van der Waals surface area contributed by atoms with Crippen LogP contribution < -0.4 is 15.7 Å². The number of anilines is 2. The van der Waals surface area contributed by atoms with Crippen LogP contribution in [0.1, 0.15) is 44.2 Å². The highest BCUT2D eigenvalue weighted by atomic mass is 16.6. The number of aryl methyl sites for hydroxylation is 2. The van der Waals surface area contributed by atoms with Gasteiger partial charge in [-0.05, 0) is 68.5 Å². The second-order valence-electron chi connectivity index (χ2n) is 6.75. The Morgan fingerprint density at radius 3 is 2.32 bits per heavy atom. The van der Waals surface area contributed by atoms with E-state index < -0.39 is 0 Å². The molecule has 1 aliphatic carbocycles.